The molecule has 0 fully saturated rings. The fourth-order valence-corrected chi connectivity index (χ4v) is 5.25. The Kier molecular flexibility index (Phi) is 10.6. The molecule has 0 aliphatic heterocycles. The van der Waals surface area contributed by atoms with Crippen LogP contribution in [0.1, 0.15) is 29.3 Å². The molecule has 41 heavy (non-hydrogen) atoms. The van der Waals surface area contributed by atoms with Crippen molar-refractivity contribution < 1.29 is 14.4 Å². The van der Waals surface area contributed by atoms with E-state index in [2.05, 4.69) is 20.9 Å². The molecule has 0 saturated heterocycles. The van der Waals surface area contributed by atoms with Crippen molar-refractivity contribution in [2.24, 2.45) is 0 Å². The number of hydrogen-bond donors (Lipinski definition) is 3. The van der Waals surface area contributed by atoms with Crippen LogP contribution in [0.15, 0.2) is 108 Å². The van der Waals surface area contributed by atoms with Gasteiger partial charge in [-0.1, -0.05) is 60.5 Å². The zero-order valence-electron chi connectivity index (χ0n) is 21.9. The third-order valence-electron chi connectivity index (χ3n) is 5.80. The van der Waals surface area contributed by atoms with E-state index in [4.69, 9.17) is 23.2 Å². The maximum absolute atomic E-state index is 13.5. The summed E-state index contributed by atoms with van der Waals surface area (Å²) in [5, 5.41) is 8.70. The van der Waals surface area contributed by atoms with Crippen LogP contribution in [0.3, 0.4) is 0 Å². The summed E-state index contributed by atoms with van der Waals surface area (Å²) < 4.78 is 0. The van der Waals surface area contributed by atoms with Crippen LogP contribution in [0.25, 0.3) is 6.08 Å². The summed E-state index contributed by atoms with van der Waals surface area (Å²) >= 11 is 14.1. The van der Waals surface area contributed by atoms with E-state index in [-0.39, 0.29) is 16.9 Å². The average Bonchev–Trinajstić information content (AvgIpc) is 2.98. The quantitative estimate of drug-likeness (QED) is 0.130. The Morgan fingerprint density at radius 1 is 0.854 bits per heavy atom. The second kappa shape index (κ2) is 14.5. The second-order valence-electron chi connectivity index (χ2n) is 8.74. The molecule has 4 rings (SSSR count). The van der Waals surface area contributed by atoms with Crippen molar-refractivity contribution in [2.45, 2.75) is 23.5 Å². The molecule has 4 aromatic rings. The Morgan fingerprint density at radius 3 is 2.22 bits per heavy atom. The molecule has 0 aliphatic carbocycles. The molecular weight excluding hydrogens is 579 g/mol. The highest BCUT2D eigenvalue weighted by molar-refractivity contribution is 8.00. The lowest BCUT2D eigenvalue weighted by molar-refractivity contribution is -0.116. The fraction of sp³-hybridized carbons (Fsp3) is 0.0968. The van der Waals surface area contributed by atoms with E-state index in [1.165, 1.54) is 17.8 Å². The first-order valence-electron chi connectivity index (χ1n) is 12.6. The first-order valence-corrected chi connectivity index (χ1v) is 14.3. The van der Waals surface area contributed by atoms with Crippen molar-refractivity contribution in [3.05, 3.63) is 124 Å². The van der Waals surface area contributed by atoms with Gasteiger partial charge in [-0.05, 0) is 67.1 Å². The Morgan fingerprint density at radius 2 is 1.54 bits per heavy atom. The van der Waals surface area contributed by atoms with Gasteiger partial charge in [-0.25, -0.2) is 0 Å². The van der Waals surface area contributed by atoms with E-state index < -0.39 is 11.8 Å². The molecule has 1 heterocycles. The van der Waals surface area contributed by atoms with Crippen molar-refractivity contribution in [1.29, 1.82) is 0 Å². The average molecular weight is 606 g/mol. The summed E-state index contributed by atoms with van der Waals surface area (Å²) in [4.78, 5) is 44.0. The summed E-state index contributed by atoms with van der Waals surface area (Å²) in [6.07, 6.45) is 5.26. The van der Waals surface area contributed by atoms with Gasteiger partial charge in [0.1, 0.15) is 5.70 Å². The predicted molar refractivity (Wildman–Crippen MR) is 166 cm³/mol. The zero-order chi connectivity index (χ0) is 29.2. The van der Waals surface area contributed by atoms with Crippen LogP contribution in [0.2, 0.25) is 10.0 Å². The summed E-state index contributed by atoms with van der Waals surface area (Å²) in [6.45, 7) is 1.93. The maximum atomic E-state index is 13.5. The molecule has 10 heteroatoms. The normalized spacial score (nSPS) is 11.8. The molecule has 3 amide bonds. The van der Waals surface area contributed by atoms with Gasteiger partial charge in [0.15, 0.2) is 0 Å². The molecule has 0 radical (unpaired) electrons. The molecule has 7 nitrogen and oxygen atoms in total. The first kappa shape index (κ1) is 29.9. The van der Waals surface area contributed by atoms with Gasteiger partial charge >= 0.3 is 0 Å². The number of halogens is 2. The fourth-order valence-electron chi connectivity index (χ4n) is 3.73. The smallest absolute Gasteiger partial charge is 0.272 e. The second-order valence-corrected chi connectivity index (χ2v) is 10.8. The van der Waals surface area contributed by atoms with Gasteiger partial charge in [0.25, 0.3) is 11.8 Å². The van der Waals surface area contributed by atoms with Gasteiger partial charge < -0.3 is 16.0 Å². The van der Waals surface area contributed by atoms with Crippen molar-refractivity contribution in [2.75, 3.05) is 10.6 Å². The number of hydrogen-bond acceptors (Lipinski definition) is 5. The van der Waals surface area contributed by atoms with E-state index >= 15 is 0 Å². The van der Waals surface area contributed by atoms with Gasteiger partial charge in [0.2, 0.25) is 5.91 Å². The third kappa shape index (κ3) is 8.44. The van der Waals surface area contributed by atoms with Gasteiger partial charge in [0.05, 0.1) is 5.25 Å². The topological polar surface area (TPSA) is 100 Å². The van der Waals surface area contributed by atoms with Crippen LogP contribution in [0.5, 0.6) is 0 Å². The molecule has 0 bridgehead atoms. The monoisotopic (exact) mass is 604 g/mol. The Labute approximate surface area is 252 Å². The molecule has 3 N–H and O–H groups in total. The number of carbonyl (C=O) groups excluding carboxylic acids is 3. The van der Waals surface area contributed by atoms with E-state index in [1.54, 1.807) is 91.3 Å². The van der Waals surface area contributed by atoms with Crippen LogP contribution in [0.4, 0.5) is 11.4 Å². The summed E-state index contributed by atoms with van der Waals surface area (Å²) in [5.74, 6) is -1.18. The number of amides is 3. The van der Waals surface area contributed by atoms with Crippen LogP contribution < -0.4 is 16.0 Å². The van der Waals surface area contributed by atoms with E-state index in [9.17, 15) is 14.4 Å². The number of carbonyl (C=O) groups is 3. The van der Waals surface area contributed by atoms with Crippen molar-refractivity contribution in [1.82, 2.24) is 10.3 Å². The van der Waals surface area contributed by atoms with E-state index in [1.807, 2.05) is 13.0 Å². The highest BCUT2D eigenvalue weighted by Crippen LogP contribution is 2.29. The lowest BCUT2D eigenvalue weighted by Gasteiger charge is -2.16. The molecule has 0 spiro atoms. The highest BCUT2D eigenvalue weighted by atomic mass is 35.5. The number of anilines is 2. The molecule has 208 valence electrons. The number of pyridine rings is 1. The summed E-state index contributed by atoms with van der Waals surface area (Å²) in [5.41, 5.74) is 1.88. The van der Waals surface area contributed by atoms with Crippen LogP contribution in [0, 0.1) is 0 Å². The summed E-state index contributed by atoms with van der Waals surface area (Å²) in [6, 6.07) is 24.1. The van der Waals surface area contributed by atoms with Crippen LogP contribution in [-0.2, 0) is 9.59 Å². The van der Waals surface area contributed by atoms with E-state index in [0.29, 0.717) is 39.0 Å². The Balaban J connectivity index is 1.53. The van der Waals surface area contributed by atoms with Gasteiger partial charge in [-0.2, -0.15) is 0 Å². The van der Waals surface area contributed by atoms with Gasteiger partial charge in [0, 0.05) is 49.8 Å². The zero-order valence-corrected chi connectivity index (χ0v) is 24.3. The largest absolute Gasteiger partial charge is 0.325 e. The minimum atomic E-state index is -0.574. The molecule has 1 unspecified atom stereocenters. The molecule has 0 aliphatic rings. The number of aromatic nitrogens is 1. The maximum Gasteiger partial charge on any atom is 0.272 e. The Hall–Kier alpha value is -4.11. The molecule has 0 saturated carbocycles. The molecular formula is C31H26Cl2N4O3S. The summed E-state index contributed by atoms with van der Waals surface area (Å²) in [7, 11) is 0. The minimum Gasteiger partial charge on any atom is -0.325 e. The molecule has 1 aromatic heterocycles. The SMILES string of the molecule is CCC(Sc1cccc(NC(=O)/C(=C\c2c(Cl)cccc2Cl)NC(=O)c2ccccc2)c1)C(=O)Nc1ccncc1. The number of benzene rings is 3. The van der Waals surface area contributed by atoms with Crippen molar-refractivity contribution in [3.8, 4) is 0 Å². The number of nitrogens with one attached hydrogen (secondary N) is 3. The number of nitrogens with zero attached hydrogens (tertiary/aromatic N) is 1. The molecule has 3 aromatic carbocycles. The van der Waals surface area contributed by atoms with E-state index in [0.717, 1.165) is 4.90 Å². The standard InChI is InChI=1S/C31H26Cl2N4O3S/c1-2-28(31(40)35-21-14-16-34-17-15-21)41-23-11-6-10-22(18-23)36-30(39)27(19-24-25(32)12-7-13-26(24)33)37-29(38)20-8-4-3-5-9-20/h3-19,28H,2H2,1H3,(H,36,39)(H,37,38)(H,34,35,40)/b27-19+. The lowest BCUT2D eigenvalue weighted by Crippen LogP contribution is -2.30. The number of rotatable bonds is 10. The Bertz CT molecular complexity index is 1550. The van der Waals surface area contributed by atoms with Crippen molar-refractivity contribution in [3.63, 3.8) is 0 Å². The minimum absolute atomic E-state index is 0.0462. The van der Waals surface area contributed by atoms with Gasteiger partial charge in [-0.3, -0.25) is 19.4 Å². The van der Waals surface area contributed by atoms with Gasteiger partial charge in [-0.15, -0.1) is 11.8 Å². The van der Waals surface area contributed by atoms with Crippen LogP contribution in [-0.4, -0.2) is 28.0 Å². The number of thioether (sulfide) groups is 1. The predicted octanol–water partition coefficient (Wildman–Crippen LogP) is 7.31. The van der Waals surface area contributed by atoms with Crippen molar-refractivity contribution >= 4 is 70.1 Å². The highest BCUT2D eigenvalue weighted by Gasteiger charge is 2.20. The third-order valence-corrected chi connectivity index (χ3v) is 7.82. The lowest BCUT2D eigenvalue weighted by atomic mass is 10.1. The van der Waals surface area contributed by atoms with Crippen LogP contribution >= 0.6 is 35.0 Å². The first-order chi connectivity index (χ1) is 19.8. The molecule has 1 atom stereocenters.